The summed E-state index contributed by atoms with van der Waals surface area (Å²) in [6.45, 7) is 9.92. The van der Waals surface area contributed by atoms with Crippen LogP contribution in [-0.4, -0.2) is 5.71 Å². The molecule has 1 aromatic rings. The third kappa shape index (κ3) is 1.59. The quantitative estimate of drug-likeness (QED) is 0.772. The first kappa shape index (κ1) is 10.8. The van der Waals surface area contributed by atoms with Crippen LogP contribution in [0.5, 0.6) is 0 Å². The van der Waals surface area contributed by atoms with E-state index in [4.69, 9.17) is 4.42 Å². The molecule has 0 aliphatic carbocycles. The molecule has 0 amide bonds. The van der Waals surface area contributed by atoms with Gasteiger partial charge in [0.2, 0.25) is 0 Å². The molecule has 0 aromatic carbocycles. The molecule has 2 rings (SSSR count). The molecule has 0 spiro atoms. The summed E-state index contributed by atoms with van der Waals surface area (Å²) < 4.78 is 5.80. The summed E-state index contributed by atoms with van der Waals surface area (Å²) in [5.74, 6) is 2.15. The maximum atomic E-state index is 5.80. The van der Waals surface area contributed by atoms with Crippen molar-refractivity contribution in [1.29, 1.82) is 0 Å². The molecule has 16 heavy (non-hydrogen) atoms. The van der Waals surface area contributed by atoms with Crippen LogP contribution in [0.2, 0.25) is 0 Å². The lowest BCUT2D eigenvalue weighted by atomic mass is 10.0. The van der Waals surface area contributed by atoms with Gasteiger partial charge in [0.1, 0.15) is 17.2 Å². The fourth-order valence-corrected chi connectivity index (χ4v) is 1.75. The minimum atomic E-state index is 0.327. The minimum Gasteiger partial charge on any atom is -0.459 e. The van der Waals surface area contributed by atoms with Gasteiger partial charge in [-0.25, -0.2) is 0 Å². The van der Waals surface area contributed by atoms with Crippen LogP contribution in [0.4, 0.5) is 0 Å². The third-order valence-corrected chi connectivity index (χ3v) is 2.65. The molecule has 0 saturated carbocycles. The van der Waals surface area contributed by atoms with E-state index in [0.717, 1.165) is 34.9 Å². The number of fused-ring (bicyclic) bond motifs is 1. The van der Waals surface area contributed by atoms with Crippen LogP contribution in [0.3, 0.4) is 0 Å². The van der Waals surface area contributed by atoms with Crippen molar-refractivity contribution in [2.24, 2.45) is 11.0 Å². The number of nitrogens with one attached hydrogen (secondary N) is 1. The number of hydrogen-bond acceptors (Lipinski definition) is 3. The van der Waals surface area contributed by atoms with E-state index < -0.39 is 0 Å². The van der Waals surface area contributed by atoms with Crippen LogP contribution in [0, 0.1) is 5.92 Å². The number of hydrogen-bond donors (Lipinski definition) is 1. The molecule has 0 radical (unpaired) electrons. The second-order valence-corrected chi connectivity index (χ2v) is 4.12. The highest BCUT2D eigenvalue weighted by atomic mass is 16.3. The van der Waals surface area contributed by atoms with Gasteiger partial charge in [-0.3, -0.25) is 5.43 Å². The molecule has 1 aliphatic heterocycles. The smallest absolute Gasteiger partial charge is 0.160 e. The van der Waals surface area contributed by atoms with Gasteiger partial charge < -0.3 is 4.42 Å². The molecule has 1 aromatic heterocycles. The van der Waals surface area contributed by atoms with Crippen LogP contribution in [0.15, 0.2) is 27.9 Å². The molecule has 1 N–H and O–H groups in total. The molecule has 3 nitrogen and oxygen atoms in total. The van der Waals surface area contributed by atoms with Gasteiger partial charge in [-0.05, 0) is 6.07 Å². The Bertz CT molecular complexity index is 488. The summed E-state index contributed by atoms with van der Waals surface area (Å²) in [5.41, 5.74) is 8.58. The number of nitrogens with zero attached hydrogens (tertiary/aromatic N) is 1. The van der Waals surface area contributed by atoms with E-state index in [2.05, 4.69) is 43.6 Å². The van der Waals surface area contributed by atoms with Crippen LogP contribution in [-0.2, 0) is 6.42 Å². The maximum absolute atomic E-state index is 5.80. The van der Waals surface area contributed by atoms with Crippen LogP contribution in [0.1, 0.15) is 37.9 Å². The second-order valence-electron chi connectivity index (χ2n) is 4.12. The largest absolute Gasteiger partial charge is 0.459 e. The lowest BCUT2D eigenvalue weighted by Crippen LogP contribution is -2.21. The van der Waals surface area contributed by atoms with Crippen molar-refractivity contribution in [3.63, 3.8) is 0 Å². The lowest BCUT2D eigenvalue weighted by Gasteiger charge is -2.16. The van der Waals surface area contributed by atoms with Gasteiger partial charge >= 0.3 is 0 Å². The molecular formula is C13H16N2O. The summed E-state index contributed by atoms with van der Waals surface area (Å²) in [4.78, 5) is 0. The highest BCUT2D eigenvalue weighted by Crippen LogP contribution is 2.27. The van der Waals surface area contributed by atoms with E-state index in [1.165, 1.54) is 0 Å². The Morgan fingerprint density at radius 2 is 2.31 bits per heavy atom. The van der Waals surface area contributed by atoms with Gasteiger partial charge in [-0.2, -0.15) is 5.10 Å². The summed E-state index contributed by atoms with van der Waals surface area (Å²) >= 11 is 0. The van der Waals surface area contributed by atoms with Gasteiger partial charge in [-0.15, -0.1) is 5.73 Å². The van der Waals surface area contributed by atoms with Crippen molar-refractivity contribution in [3.05, 3.63) is 35.5 Å². The maximum Gasteiger partial charge on any atom is 0.160 e. The Morgan fingerprint density at radius 3 is 2.88 bits per heavy atom. The van der Waals surface area contributed by atoms with E-state index in [9.17, 15) is 0 Å². The molecule has 0 bridgehead atoms. The highest BCUT2D eigenvalue weighted by molar-refractivity contribution is 6.04. The SMILES string of the molecule is C=C=C1NN=C(C(C)C)c2oc(CC)cc21. The zero-order chi connectivity index (χ0) is 11.7. The fraction of sp³-hybridized carbons (Fsp3) is 0.385. The topological polar surface area (TPSA) is 37.5 Å². The third-order valence-electron chi connectivity index (χ3n) is 2.65. The summed E-state index contributed by atoms with van der Waals surface area (Å²) in [5, 5.41) is 4.30. The van der Waals surface area contributed by atoms with Crippen LogP contribution in [0.25, 0.3) is 5.70 Å². The van der Waals surface area contributed by atoms with E-state index >= 15 is 0 Å². The molecule has 3 heteroatoms. The van der Waals surface area contributed by atoms with Gasteiger partial charge in [0.15, 0.2) is 5.76 Å². The zero-order valence-corrected chi connectivity index (χ0v) is 9.92. The molecule has 0 saturated heterocycles. The Morgan fingerprint density at radius 1 is 1.56 bits per heavy atom. The van der Waals surface area contributed by atoms with Crippen molar-refractivity contribution in [1.82, 2.24) is 5.43 Å². The first-order chi connectivity index (χ1) is 7.67. The Hall–Kier alpha value is -1.73. The van der Waals surface area contributed by atoms with E-state index in [-0.39, 0.29) is 0 Å². The monoisotopic (exact) mass is 216 g/mol. The Balaban J connectivity index is 2.58. The van der Waals surface area contributed by atoms with Gasteiger partial charge in [0, 0.05) is 12.3 Å². The van der Waals surface area contributed by atoms with Crippen LogP contribution >= 0.6 is 0 Å². The van der Waals surface area contributed by atoms with Crippen molar-refractivity contribution >= 4 is 11.4 Å². The summed E-state index contributed by atoms with van der Waals surface area (Å²) in [7, 11) is 0. The predicted molar refractivity (Wildman–Crippen MR) is 65.1 cm³/mol. The fourth-order valence-electron chi connectivity index (χ4n) is 1.75. The number of rotatable bonds is 2. The molecule has 2 heterocycles. The van der Waals surface area contributed by atoms with Crippen molar-refractivity contribution in [2.45, 2.75) is 27.2 Å². The summed E-state index contributed by atoms with van der Waals surface area (Å²) in [6, 6.07) is 2.03. The van der Waals surface area contributed by atoms with Gasteiger partial charge in [-0.1, -0.05) is 27.4 Å². The van der Waals surface area contributed by atoms with Gasteiger partial charge in [0.25, 0.3) is 0 Å². The van der Waals surface area contributed by atoms with Crippen molar-refractivity contribution < 1.29 is 4.42 Å². The van der Waals surface area contributed by atoms with E-state index in [1.54, 1.807) is 0 Å². The normalized spacial score (nSPS) is 14.2. The molecule has 0 fully saturated rings. The van der Waals surface area contributed by atoms with Crippen molar-refractivity contribution in [3.8, 4) is 0 Å². The van der Waals surface area contributed by atoms with E-state index in [1.807, 2.05) is 6.07 Å². The average molecular weight is 216 g/mol. The molecule has 0 atom stereocenters. The first-order valence-electron chi connectivity index (χ1n) is 5.54. The standard InChI is InChI=1S/C13H16N2O/c1-5-9-7-10-11(6-2)14-15-12(8(3)4)13(10)16-9/h7-8,14H,2,5H2,1,3-4H3. The van der Waals surface area contributed by atoms with E-state index in [0.29, 0.717) is 5.92 Å². The summed E-state index contributed by atoms with van der Waals surface area (Å²) in [6.07, 6.45) is 0.878. The van der Waals surface area contributed by atoms with Gasteiger partial charge in [0.05, 0.1) is 5.56 Å². The number of hydrazone groups is 1. The molecule has 1 aliphatic rings. The zero-order valence-electron chi connectivity index (χ0n) is 9.92. The van der Waals surface area contributed by atoms with Crippen LogP contribution < -0.4 is 5.43 Å². The van der Waals surface area contributed by atoms with Crippen molar-refractivity contribution in [2.75, 3.05) is 0 Å². The Labute approximate surface area is 95.5 Å². The second kappa shape index (κ2) is 4.03. The molecule has 84 valence electrons. The highest BCUT2D eigenvalue weighted by Gasteiger charge is 2.24. The molecular weight excluding hydrogens is 200 g/mol. The predicted octanol–water partition coefficient (Wildman–Crippen LogP) is 2.93. The molecule has 0 unspecified atom stereocenters. The minimum absolute atomic E-state index is 0.327. The number of aryl methyl sites for hydroxylation is 1. The number of furan rings is 1. The average Bonchev–Trinajstić information content (AvgIpc) is 2.70. The first-order valence-corrected chi connectivity index (χ1v) is 5.54. The lowest BCUT2D eigenvalue weighted by molar-refractivity contribution is 0.501. The Kier molecular flexibility index (Phi) is 2.71.